The zero-order chi connectivity index (χ0) is 18.7. The fourth-order valence-electron chi connectivity index (χ4n) is 2.96. The van der Waals surface area contributed by atoms with Gasteiger partial charge in [-0.25, -0.2) is 5.01 Å². The normalized spacial score (nSPS) is 16.3. The summed E-state index contributed by atoms with van der Waals surface area (Å²) in [5, 5.41) is 17.0. The average Bonchev–Trinajstić information content (AvgIpc) is 3.13. The van der Waals surface area contributed by atoms with Crippen LogP contribution < -0.4 is 4.74 Å². The summed E-state index contributed by atoms with van der Waals surface area (Å²) in [6, 6.07) is 13.6. The van der Waals surface area contributed by atoms with Gasteiger partial charge in [-0.15, -0.1) is 0 Å². The number of methoxy groups -OCH3 is 1. The van der Waals surface area contributed by atoms with Crippen LogP contribution in [0.1, 0.15) is 36.9 Å². The zero-order valence-electron chi connectivity index (χ0n) is 14.6. The van der Waals surface area contributed by atoms with E-state index in [2.05, 4.69) is 5.10 Å². The SMILES string of the molecule is CCC(=O)N1N=C(c2cccc([N+](=O)[O-])c2)CC1c1ccc(OC)cc1. The van der Waals surface area contributed by atoms with Crippen LogP contribution in [-0.2, 0) is 4.79 Å². The molecule has 134 valence electrons. The quantitative estimate of drug-likeness (QED) is 0.606. The Kier molecular flexibility index (Phi) is 4.97. The van der Waals surface area contributed by atoms with Crippen molar-refractivity contribution < 1.29 is 14.5 Å². The van der Waals surface area contributed by atoms with Gasteiger partial charge >= 0.3 is 0 Å². The van der Waals surface area contributed by atoms with E-state index in [0.29, 0.717) is 24.1 Å². The molecule has 1 atom stereocenters. The molecule has 1 aliphatic rings. The summed E-state index contributed by atoms with van der Waals surface area (Å²) in [5.74, 6) is 0.645. The van der Waals surface area contributed by atoms with Crippen molar-refractivity contribution in [2.24, 2.45) is 5.10 Å². The first-order valence-electron chi connectivity index (χ1n) is 8.31. The molecule has 0 saturated carbocycles. The molecule has 1 unspecified atom stereocenters. The van der Waals surface area contributed by atoms with E-state index in [-0.39, 0.29) is 17.6 Å². The maximum atomic E-state index is 12.4. The number of hydrogen-bond acceptors (Lipinski definition) is 5. The Hall–Kier alpha value is -3.22. The molecule has 7 nitrogen and oxygen atoms in total. The van der Waals surface area contributed by atoms with Crippen molar-refractivity contribution >= 4 is 17.3 Å². The smallest absolute Gasteiger partial charge is 0.270 e. The van der Waals surface area contributed by atoms with Crippen LogP contribution in [0.4, 0.5) is 5.69 Å². The highest BCUT2D eigenvalue weighted by Crippen LogP contribution is 2.34. The van der Waals surface area contributed by atoms with E-state index in [1.165, 1.54) is 17.1 Å². The van der Waals surface area contributed by atoms with E-state index in [1.54, 1.807) is 26.2 Å². The standard InChI is InChI=1S/C19H19N3O4/c1-3-19(23)21-18(13-7-9-16(26-2)10-8-13)12-17(20-21)14-5-4-6-15(11-14)22(24)25/h4-11,18H,3,12H2,1-2H3. The monoisotopic (exact) mass is 353 g/mol. The minimum absolute atomic E-state index is 0.00599. The molecular formula is C19H19N3O4. The van der Waals surface area contributed by atoms with Gasteiger partial charge in [0.05, 0.1) is 23.8 Å². The molecule has 0 spiro atoms. The van der Waals surface area contributed by atoms with Crippen LogP contribution in [0.15, 0.2) is 53.6 Å². The number of ether oxygens (including phenoxy) is 1. The number of nitro benzene ring substituents is 1. The molecule has 0 aromatic heterocycles. The molecule has 7 heteroatoms. The van der Waals surface area contributed by atoms with Gasteiger partial charge in [-0.3, -0.25) is 14.9 Å². The third-order valence-electron chi connectivity index (χ3n) is 4.36. The predicted octanol–water partition coefficient (Wildman–Crippen LogP) is 3.69. The Balaban J connectivity index is 1.94. The summed E-state index contributed by atoms with van der Waals surface area (Å²) >= 11 is 0. The maximum absolute atomic E-state index is 12.4. The molecule has 1 aliphatic heterocycles. The molecule has 0 fully saturated rings. The molecule has 0 radical (unpaired) electrons. The van der Waals surface area contributed by atoms with Gasteiger partial charge in [0.2, 0.25) is 5.91 Å². The lowest BCUT2D eigenvalue weighted by Crippen LogP contribution is -2.26. The van der Waals surface area contributed by atoms with Gasteiger partial charge in [-0.2, -0.15) is 5.10 Å². The minimum atomic E-state index is -0.436. The van der Waals surface area contributed by atoms with Gasteiger partial charge in [0.15, 0.2) is 0 Å². The van der Waals surface area contributed by atoms with Crippen molar-refractivity contribution in [3.63, 3.8) is 0 Å². The highest BCUT2D eigenvalue weighted by Gasteiger charge is 2.32. The fraction of sp³-hybridized carbons (Fsp3) is 0.263. The Bertz CT molecular complexity index is 861. The largest absolute Gasteiger partial charge is 0.497 e. The lowest BCUT2D eigenvalue weighted by atomic mass is 9.98. The third-order valence-corrected chi connectivity index (χ3v) is 4.36. The van der Waals surface area contributed by atoms with Crippen LogP contribution in [0.5, 0.6) is 5.75 Å². The average molecular weight is 353 g/mol. The summed E-state index contributed by atoms with van der Waals surface area (Å²) in [4.78, 5) is 22.9. The fourth-order valence-corrected chi connectivity index (χ4v) is 2.96. The lowest BCUT2D eigenvalue weighted by molar-refractivity contribution is -0.384. The van der Waals surface area contributed by atoms with Crippen molar-refractivity contribution in [1.82, 2.24) is 5.01 Å². The van der Waals surface area contributed by atoms with Crippen LogP contribution >= 0.6 is 0 Å². The number of carbonyl (C=O) groups excluding carboxylic acids is 1. The molecule has 26 heavy (non-hydrogen) atoms. The second kappa shape index (κ2) is 7.35. The van der Waals surface area contributed by atoms with Crippen molar-refractivity contribution in [3.05, 3.63) is 69.8 Å². The number of hydrazone groups is 1. The van der Waals surface area contributed by atoms with E-state index in [0.717, 1.165) is 11.3 Å². The van der Waals surface area contributed by atoms with Crippen LogP contribution in [0.3, 0.4) is 0 Å². The second-order valence-corrected chi connectivity index (χ2v) is 5.94. The van der Waals surface area contributed by atoms with Gasteiger partial charge in [0, 0.05) is 30.5 Å². The summed E-state index contributed by atoms with van der Waals surface area (Å²) < 4.78 is 5.18. The Labute approximate surface area is 151 Å². The lowest BCUT2D eigenvalue weighted by Gasteiger charge is -2.21. The Morgan fingerprint density at radius 2 is 2.04 bits per heavy atom. The summed E-state index contributed by atoms with van der Waals surface area (Å²) in [7, 11) is 1.60. The van der Waals surface area contributed by atoms with Gasteiger partial charge in [0.25, 0.3) is 5.69 Å². The molecule has 0 aliphatic carbocycles. The molecular weight excluding hydrogens is 334 g/mol. The Morgan fingerprint density at radius 3 is 2.65 bits per heavy atom. The molecule has 2 aromatic rings. The number of rotatable bonds is 5. The minimum Gasteiger partial charge on any atom is -0.497 e. The second-order valence-electron chi connectivity index (χ2n) is 5.94. The van der Waals surface area contributed by atoms with Crippen LogP contribution in [-0.4, -0.2) is 28.7 Å². The van der Waals surface area contributed by atoms with Gasteiger partial charge in [-0.1, -0.05) is 31.2 Å². The number of benzene rings is 2. The molecule has 2 aromatic carbocycles. The van der Waals surface area contributed by atoms with E-state index >= 15 is 0 Å². The molecule has 3 rings (SSSR count). The van der Waals surface area contributed by atoms with Gasteiger partial charge in [0.1, 0.15) is 5.75 Å². The van der Waals surface area contributed by atoms with E-state index in [9.17, 15) is 14.9 Å². The van der Waals surface area contributed by atoms with Crippen LogP contribution in [0.25, 0.3) is 0 Å². The maximum Gasteiger partial charge on any atom is 0.270 e. The highest BCUT2D eigenvalue weighted by atomic mass is 16.6. The van der Waals surface area contributed by atoms with Crippen molar-refractivity contribution in [2.45, 2.75) is 25.8 Å². The summed E-state index contributed by atoms with van der Waals surface area (Å²) in [6.45, 7) is 1.79. The van der Waals surface area contributed by atoms with E-state index in [4.69, 9.17) is 4.74 Å². The van der Waals surface area contributed by atoms with Gasteiger partial charge in [-0.05, 0) is 17.7 Å². The first-order chi connectivity index (χ1) is 12.5. The number of carbonyl (C=O) groups is 1. The summed E-state index contributed by atoms with van der Waals surface area (Å²) in [6.07, 6.45) is 0.831. The third kappa shape index (κ3) is 3.42. The number of nitro groups is 1. The number of nitrogens with zero attached hydrogens (tertiary/aromatic N) is 3. The van der Waals surface area contributed by atoms with E-state index in [1.807, 2.05) is 24.3 Å². The van der Waals surface area contributed by atoms with Gasteiger partial charge < -0.3 is 4.74 Å². The summed E-state index contributed by atoms with van der Waals surface area (Å²) in [5.41, 5.74) is 2.27. The molecule has 1 amide bonds. The highest BCUT2D eigenvalue weighted by molar-refractivity contribution is 6.03. The number of non-ortho nitro benzene ring substituents is 1. The number of hydrogen-bond donors (Lipinski definition) is 0. The van der Waals surface area contributed by atoms with Crippen molar-refractivity contribution in [2.75, 3.05) is 7.11 Å². The van der Waals surface area contributed by atoms with E-state index < -0.39 is 4.92 Å². The van der Waals surface area contributed by atoms with Crippen LogP contribution in [0.2, 0.25) is 0 Å². The van der Waals surface area contributed by atoms with Crippen LogP contribution in [0, 0.1) is 10.1 Å². The molecule has 0 bridgehead atoms. The topological polar surface area (TPSA) is 85.0 Å². The first kappa shape index (κ1) is 17.6. The molecule has 0 N–H and O–H groups in total. The number of amides is 1. The zero-order valence-corrected chi connectivity index (χ0v) is 14.6. The Morgan fingerprint density at radius 1 is 1.31 bits per heavy atom. The molecule has 0 saturated heterocycles. The van der Waals surface area contributed by atoms with Crippen molar-refractivity contribution in [1.29, 1.82) is 0 Å². The van der Waals surface area contributed by atoms with Crippen molar-refractivity contribution in [3.8, 4) is 5.75 Å². The predicted molar refractivity (Wildman–Crippen MR) is 97.1 cm³/mol. The first-order valence-corrected chi connectivity index (χ1v) is 8.31. The molecule has 1 heterocycles.